The summed E-state index contributed by atoms with van der Waals surface area (Å²) in [5.41, 5.74) is 7.84. The van der Waals surface area contributed by atoms with Crippen LogP contribution in [0.2, 0.25) is 0 Å². The van der Waals surface area contributed by atoms with E-state index in [1.54, 1.807) is 18.2 Å². The van der Waals surface area contributed by atoms with Crippen molar-refractivity contribution in [2.45, 2.75) is 19.4 Å². The minimum absolute atomic E-state index is 0.0377. The number of para-hydroxylation sites is 1. The molecule has 0 radical (unpaired) electrons. The summed E-state index contributed by atoms with van der Waals surface area (Å²) in [5, 5.41) is 3.02. The average Bonchev–Trinajstić information content (AvgIpc) is 2.53. The maximum Gasteiger partial charge on any atom is 0.253 e. The standard InChI is InChI=1S/C17H20N2O2/c1-3-14(12-8-5-4-6-9-12)19-17(20)13-10-7-11-15(21-2)16(13)18/h4-11,14H,3,18H2,1-2H3,(H,19,20). The van der Waals surface area contributed by atoms with Crippen LogP contribution in [-0.2, 0) is 0 Å². The van der Waals surface area contributed by atoms with E-state index in [0.29, 0.717) is 17.0 Å². The number of hydrogen-bond donors (Lipinski definition) is 2. The molecule has 2 aromatic rings. The molecule has 0 aliphatic rings. The van der Waals surface area contributed by atoms with E-state index >= 15 is 0 Å². The summed E-state index contributed by atoms with van der Waals surface area (Å²) in [6.45, 7) is 2.03. The molecule has 1 amide bonds. The lowest BCUT2D eigenvalue weighted by Crippen LogP contribution is -2.28. The highest BCUT2D eigenvalue weighted by Gasteiger charge is 2.17. The van der Waals surface area contributed by atoms with Crippen molar-refractivity contribution in [1.82, 2.24) is 5.32 Å². The van der Waals surface area contributed by atoms with E-state index in [1.165, 1.54) is 7.11 Å². The second-order valence-electron chi connectivity index (χ2n) is 4.77. The number of amides is 1. The Morgan fingerprint density at radius 3 is 2.52 bits per heavy atom. The average molecular weight is 284 g/mol. The summed E-state index contributed by atoms with van der Waals surface area (Å²) in [4.78, 5) is 12.4. The van der Waals surface area contributed by atoms with Gasteiger partial charge >= 0.3 is 0 Å². The number of nitrogen functional groups attached to an aromatic ring is 1. The fourth-order valence-corrected chi connectivity index (χ4v) is 2.26. The van der Waals surface area contributed by atoms with Crippen molar-refractivity contribution in [3.05, 3.63) is 59.7 Å². The van der Waals surface area contributed by atoms with Crippen LogP contribution < -0.4 is 15.8 Å². The second-order valence-corrected chi connectivity index (χ2v) is 4.77. The molecule has 0 aliphatic heterocycles. The number of anilines is 1. The Hall–Kier alpha value is -2.49. The van der Waals surface area contributed by atoms with Crippen LogP contribution in [0.5, 0.6) is 5.75 Å². The molecule has 0 heterocycles. The van der Waals surface area contributed by atoms with Gasteiger partial charge in [0.05, 0.1) is 24.4 Å². The Kier molecular flexibility index (Phi) is 4.82. The van der Waals surface area contributed by atoms with Crippen molar-refractivity contribution in [3.8, 4) is 5.75 Å². The normalized spacial score (nSPS) is 11.7. The van der Waals surface area contributed by atoms with Gasteiger partial charge in [0.25, 0.3) is 5.91 Å². The molecule has 2 aromatic carbocycles. The first kappa shape index (κ1) is 14.9. The van der Waals surface area contributed by atoms with Gasteiger partial charge < -0.3 is 15.8 Å². The van der Waals surface area contributed by atoms with Crippen LogP contribution in [-0.4, -0.2) is 13.0 Å². The van der Waals surface area contributed by atoms with Gasteiger partial charge in [-0.15, -0.1) is 0 Å². The minimum Gasteiger partial charge on any atom is -0.495 e. The monoisotopic (exact) mass is 284 g/mol. The van der Waals surface area contributed by atoms with Crippen LogP contribution in [0.3, 0.4) is 0 Å². The molecular formula is C17H20N2O2. The lowest BCUT2D eigenvalue weighted by molar-refractivity contribution is 0.0936. The van der Waals surface area contributed by atoms with Gasteiger partial charge in [0.1, 0.15) is 5.75 Å². The zero-order valence-corrected chi connectivity index (χ0v) is 12.3. The Bertz CT molecular complexity index is 611. The molecule has 110 valence electrons. The summed E-state index contributed by atoms with van der Waals surface area (Å²) < 4.78 is 5.15. The molecule has 0 spiro atoms. The topological polar surface area (TPSA) is 64.3 Å². The van der Waals surface area contributed by atoms with Crippen LogP contribution in [0.15, 0.2) is 48.5 Å². The highest BCUT2D eigenvalue weighted by atomic mass is 16.5. The summed E-state index contributed by atoms with van der Waals surface area (Å²) in [6.07, 6.45) is 0.805. The lowest BCUT2D eigenvalue weighted by atomic mass is 10.0. The van der Waals surface area contributed by atoms with E-state index < -0.39 is 0 Å². The largest absolute Gasteiger partial charge is 0.495 e. The zero-order valence-electron chi connectivity index (χ0n) is 12.3. The van der Waals surface area contributed by atoms with E-state index in [0.717, 1.165) is 12.0 Å². The van der Waals surface area contributed by atoms with Crippen molar-refractivity contribution in [2.75, 3.05) is 12.8 Å². The van der Waals surface area contributed by atoms with Crippen LogP contribution >= 0.6 is 0 Å². The van der Waals surface area contributed by atoms with Crippen LogP contribution in [0.4, 0.5) is 5.69 Å². The molecule has 0 fully saturated rings. The van der Waals surface area contributed by atoms with Crippen molar-refractivity contribution < 1.29 is 9.53 Å². The van der Waals surface area contributed by atoms with Gasteiger partial charge in [0.2, 0.25) is 0 Å². The summed E-state index contributed by atoms with van der Waals surface area (Å²) in [5.74, 6) is 0.317. The SMILES string of the molecule is CCC(NC(=O)c1cccc(OC)c1N)c1ccccc1. The molecule has 0 aromatic heterocycles. The number of carbonyl (C=O) groups is 1. The number of rotatable bonds is 5. The first-order valence-electron chi connectivity index (χ1n) is 6.95. The molecule has 1 atom stereocenters. The second kappa shape index (κ2) is 6.79. The van der Waals surface area contributed by atoms with Crippen molar-refractivity contribution in [1.29, 1.82) is 0 Å². The number of nitrogens with two attached hydrogens (primary N) is 1. The molecule has 0 bridgehead atoms. The van der Waals surface area contributed by atoms with E-state index in [1.807, 2.05) is 37.3 Å². The molecule has 1 unspecified atom stereocenters. The van der Waals surface area contributed by atoms with Gasteiger partial charge in [0.15, 0.2) is 0 Å². The third kappa shape index (κ3) is 3.34. The first-order chi connectivity index (χ1) is 10.2. The summed E-state index contributed by atoms with van der Waals surface area (Å²) in [7, 11) is 1.53. The maximum absolute atomic E-state index is 12.4. The minimum atomic E-state index is -0.192. The van der Waals surface area contributed by atoms with Crippen molar-refractivity contribution in [2.24, 2.45) is 0 Å². The number of carbonyl (C=O) groups excluding carboxylic acids is 1. The van der Waals surface area contributed by atoms with E-state index in [4.69, 9.17) is 10.5 Å². The molecule has 4 nitrogen and oxygen atoms in total. The van der Waals surface area contributed by atoms with Gasteiger partial charge in [-0.1, -0.05) is 43.3 Å². The Morgan fingerprint density at radius 1 is 1.19 bits per heavy atom. The zero-order chi connectivity index (χ0) is 15.2. The van der Waals surface area contributed by atoms with Gasteiger partial charge in [0, 0.05) is 0 Å². The maximum atomic E-state index is 12.4. The number of nitrogens with one attached hydrogen (secondary N) is 1. The number of methoxy groups -OCH3 is 1. The third-order valence-electron chi connectivity index (χ3n) is 3.45. The lowest BCUT2D eigenvalue weighted by Gasteiger charge is -2.18. The molecule has 4 heteroatoms. The molecule has 0 saturated carbocycles. The van der Waals surface area contributed by atoms with Gasteiger partial charge in [-0.05, 0) is 24.1 Å². The summed E-state index contributed by atoms with van der Waals surface area (Å²) >= 11 is 0. The Labute approximate surface area is 124 Å². The molecule has 3 N–H and O–H groups in total. The summed E-state index contributed by atoms with van der Waals surface area (Å²) in [6, 6.07) is 15.0. The van der Waals surface area contributed by atoms with E-state index in [-0.39, 0.29) is 11.9 Å². The molecule has 21 heavy (non-hydrogen) atoms. The van der Waals surface area contributed by atoms with Crippen LogP contribution in [0, 0.1) is 0 Å². The number of hydrogen-bond acceptors (Lipinski definition) is 3. The fourth-order valence-electron chi connectivity index (χ4n) is 2.26. The third-order valence-corrected chi connectivity index (χ3v) is 3.45. The Balaban J connectivity index is 2.21. The molecule has 2 rings (SSSR count). The smallest absolute Gasteiger partial charge is 0.253 e. The highest BCUT2D eigenvalue weighted by molar-refractivity contribution is 6.00. The predicted octanol–water partition coefficient (Wildman–Crippen LogP) is 3.16. The van der Waals surface area contributed by atoms with Gasteiger partial charge in [-0.2, -0.15) is 0 Å². The first-order valence-corrected chi connectivity index (χ1v) is 6.95. The van der Waals surface area contributed by atoms with Crippen molar-refractivity contribution >= 4 is 11.6 Å². The van der Waals surface area contributed by atoms with Crippen molar-refractivity contribution in [3.63, 3.8) is 0 Å². The van der Waals surface area contributed by atoms with Crippen LogP contribution in [0.25, 0.3) is 0 Å². The molecular weight excluding hydrogens is 264 g/mol. The van der Waals surface area contributed by atoms with Gasteiger partial charge in [-0.25, -0.2) is 0 Å². The van der Waals surface area contributed by atoms with E-state index in [9.17, 15) is 4.79 Å². The molecule has 0 saturated heterocycles. The number of ether oxygens (including phenoxy) is 1. The Morgan fingerprint density at radius 2 is 1.90 bits per heavy atom. The molecule has 0 aliphatic carbocycles. The fraction of sp³-hybridized carbons (Fsp3) is 0.235. The van der Waals surface area contributed by atoms with Crippen LogP contribution in [0.1, 0.15) is 35.3 Å². The number of benzene rings is 2. The van der Waals surface area contributed by atoms with Gasteiger partial charge in [-0.3, -0.25) is 4.79 Å². The quantitative estimate of drug-likeness (QED) is 0.829. The highest BCUT2D eigenvalue weighted by Crippen LogP contribution is 2.25. The predicted molar refractivity (Wildman–Crippen MR) is 84.3 cm³/mol. The van der Waals surface area contributed by atoms with E-state index in [2.05, 4.69) is 5.32 Å².